The zero-order valence-corrected chi connectivity index (χ0v) is 11.0. The summed E-state index contributed by atoms with van der Waals surface area (Å²) in [7, 11) is 1.64. The molecule has 2 N–H and O–H groups in total. The van der Waals surface area contributed by atoms with Crippen LogP contribution < -0.4 is 10.5 Å². The van der Waals surface area contributed by atoms with Crippen molar-refractivity contribution in [2.45, 2.75) is 0 Å². The van der Waals surface area contributed by atoms with Crippen molar-refractivity contribution in [3.8, 4) is 11.4 Å². The number of amides is 1. The van der Waals surface area contributed by atoms with E-state index in [0.717, 1.165) is 22.3 Å². The maximum Gasteiger partial charge on any atom is 0.249 e. The van der Waals surface area contributed by atoms with Gasteiger partial charge >= 0.3 is 0 Å². The number of carbonyl (C=O) groups is 1. The average molecular weight is 266 g/mol. The predicted octanol–water partition coefficient (Wildman–Crippen LogP) is 2.74. The van der Waals surface area contributed by atoms with Crippen molar-refractivity contribution < 1.29 is 9.53 Å². The van der Waals surface area contributed by atoms with Crippen LogP contribution >= 0.6 is 0 Å². The van der Waals surface area contributed by atoms with E-state index < -0.39 is 5.91 Å². The number of benzene rings is 2. The van der Waals surface area contributed by atoms with Crippen molar-refractivity contribution >= 4 is 16.8 Å². The third-order valence-corrected chi connectivity index (χ3v) is 3.33. The SMILES string of the molecule is COc1cccc(-n2ccc3c(C(N)=O)cccc32)c1. The maximum atomic E-state index is 11.5. The summed E-state index contributed by atoms with van der Waals surface area (Å²) in [4.78, 5) is 11.5. The highest BCUT2D eigenvalue weighted by Crippen LogP contribution is 2.25. The number of hydrogen-bond acceptors (Lipinski definition) is 2. The molecule has 1 heterocycles. The van der Waals surface area contributed by atoms with E-state index in [2.05, 4.69) is 0 Å². The van der Waals surface area contributed by atoms with Gasteiger partial charge in [0.25, 0.3) is 0 Å². The number of nitrogens with two attached hydrogens (primary N) is 1. The molecule has 0 saturated carbocycles. The summed E-state index contributed by atoms with van der Waals surface area (Å²) in [5, 5.41) is 0.850. The highest BCUT2D eigenvalue weighted by Gasteiger charge is 2.10. The van der Waals surface area contributed by atoms with Crippen LogP contribution in [0.5, 0.6) is 5.75 Å². The maximum absolute atomic E-state index is 11.5. The van der Waals surface area contributed by atoms with Gasteiger partial charge in [0.05, 0.1) is 12.6 Å². The average Bonchev–Trinajstić information content (AvgIpc) is 2.91. The summed E-state index contributed by atoms with van der Waals surface area (Å²) in [6, 6.07) is 15.2. The van der Waals surface area contributed by atoms with E-state index in [-0.39, 0.29) is 0 Å². The van der Waals surface area contributed by atoms with Crippen LogP contribution in [0.1, 0.15) is 10.4 Å². The van der Waals surface area contributed by atoms with E-state index in [9.17, 15) is 4.79 Å². The van der Waals surface area contributed by atoms with Crippen molar-refractivity contribution in [3.05, 3.63) is 60.3 Å². The van der Waals surface area contributed by atoms with Gasteiger partial charge in [-0.1, -0.05) is 12.1 Å². The lowest BCUT2D eigenvalue weighted by atomic mass is 10.1. The number of aromatic nitrogens is 1. The van der Waals surface area contributed by atoms with E-state index in [1.807, 2.05) is 53.2 Å². The third-order valence-electron chi connectivity index (χ3n) is 3.33. The second-order valence-electron chi connectivity index (χ2n) is 4.49. The Hall–Kier alpha value is -2.75. The molecule has 0 saturated heterocycles. The normalized spacial score (nSPS) is 10.7. The largest absolute Gasteiger partial charge is 0.497 e. The lowest BCUT2D eigenvalue weighted by Gasteiger charge is -2.08. The molecular formula is C16H14N2O2. The van der Waals surface area contributed by atoms with Crippen LogP contribution in [0.15, 0.2) is 54.7 Å². The Labute approximate surface area is 116 Å². The minimum Gasteiger partial charge on any atom is -0.497 e. The first-order valence-electron chi connectivity index (χ1n) is 6.25. The van der Waals surface area contributed by atoms with Crippen LogP contribution in [-0.4, -0.2) is 17.6 Å². The van der Waals surface area contributed by atoms with Crippen LogP contribution in [0.2, 0.25) is 0 Å². The van der Waals surface area contributed by atoms with Crippen LogP contribution in [0, 0.1) is 0 Å². The second kappa shape index (κ2) is 4.74. The van der Waals surface area contributed by atoms with Crippen molar-refractivity contribution in [1.82, 2.24) is 4.57 Å². The van der Waals surface area contributed by atoms with Gasteiger partial charge in [0.1, 0.15) is 5.75 Å². The molecule has 3 aromatic rings. The Bertz CT molecular complexity index is 790. The molecule has 0 aliphatic carbocycles. The molecule has 4 nitrogen and oxygen atoms in total. The number of fused-ring (bicyclic) bond motifs is 1. The lowest BCUT2D eigenvalue weighted by Crippen LogP contribution is -2.11. The van der Waals surface area contributed by atoms with E-state index in [0.29, 0.717) is 5.56 Å². The topological polar surface area (TPSA) is 57.2 Å². The van der Waals surface area contributed by atoms with E-state index >= 15 is 0 Å². The van der Waals surface area contributed by atoms with Crippen molar-refractivity contribution in [2.75, 3.05) is 7.11 Å². The second-order valence-corrected chi connectivity index (χ2v) is 4.49. The first-order chi connectivity index (χ1) is 9.70. The Morgan fingerprint density at radius 2 is 1.95 bits per heavy atom. The molecule has 0 aliphatic heterocycles. The highest BCUT2D eigenvalue weighted by molar-refractivity contribution is 6.06. The molecule has 1 amide bonds. The van der Waals surface area contributed by atoms with Gasteiger partial charge in [0.15, 0.2) is 0 Å². The molecule has 0 bridgehead atoms. The molecule has 0 fully saturated rings. The molecule has 0 spiro atoms. The molecule has 100 valence electrons. The number of carbonyl (C=O) groups excluding carboxylic acids is 1. The number of rotatable bonds is 3. The Kier molecular flexibility index (Phi) is 2.91. The molecule has 3 rings (SSSR count). The molecule has 1 aromatic heterocycles. The van der Waals surface area contributed by atoms with Gasteiger partial charge in [0, 0.05) is 28.9 Å². The number of nitrogens with zero attached hydrogens (tertiary/aromatic N) is 1. The summed E-state index contributed by atoms with van der Waals surface area (Å²) in [5.41, 5.74) is 7.85. The standard InChI is InChI=1S/C16H14N2O2/c1-20-12-5-2-4-11(10-12)18-9-8-13-14(16(17)19)6-3-7-15(13)18/h2-10H,1H3,(H2,17,19). The smallest absolute Gasteiger partial charge is 0.249 e. The number of methoxy groups -OCH3 is 1. The molecule has 0 atom stereocenters. The first-order valence-corrected chi connectivity index (χ1v) is 6.25. The number of ether oxygens (including phenoxy) is 1. The quantitative estimate of drug-likeness (QED) is 0.792. The molecule has 0 aliphatic rings. The first kappa shape index (κ1) is 12.3. The lowest BCUT2D eigenvalue weighted by molar-refractivity contribution is 0.100. The van der Waals surface area contributed by atoms with Gasteiger partial charge < -0.3 is 15.0 Å². The van der Waals surface area contributed by atoms with Gasteiger partial charge in [0.2, 0.25) is 5.91 Å². The summed E-state index contributed by atoms with van der Waals surface area (Å²) in [6.07, 6.45) is 1.92. The van der Waals surface area contributed by atoms with Crippen molar-refractivity contribution in [3.63, 3.8) is 0 Å². The van der Waals surface area contributed by atoms with E-state index in [4.69, 9.17) is 10.5 Å². The minimum atomic E-state index is -0.418. The summed E-state index contributed by atoms with van der Waals surface area (Å²) < 4.78 is 7.24. The molecule has 2 aromatic carbocycles. The van der Waals surface area contributed by atoms with Crippen LogP contribution in [0.3, 0.4) is 0 Å². The highest BCUT2D eigenvalue weighted by atomic mass is 16.5. The van der Waals surface area contributed by atoms with Gasteiger partial charge in [-0.25, -0.2) is 0 Å². The monoisotopic (exact) mass is 266 g/mol. The van der Waals surface area contributed by atoms with Gasteiger partial charge in [-0.15, -0.1) is 0 Å². The van der Waals surface area contributed by atoms with Crippen LogP contribution in [0.4, 0.5) is 0 Å². The Balaban J connectivity index is 2.22. The fourth-order valence-corrected chi connectivity index (χ4v) is 2.37. The fraction of sp³-hybridized carbons (Fsp3) is 0.0625. The fourth-order valence-electron chi connectivity index (χ4n) is 2.37. The van der Waals surface area contributed by atoms with Crippen molar-refractivity contribution in [1.29, 1.82) is 0 Å². The third kappa shape index (κ3) is 1.91. The summed E-state index contributed by atoms with van der Waals surface area (Å²) in [5.74, 6) is 0.370. The van der Waals surface area contributed by atoms with E-state index in [1.54, 1.807) is 13.2 Å². The minimum absolute atomic E-state index is 0.418. The molecule has 20 heavy (non-hydrogen) atoms. The van der Waals surface area contributed by atoms with Crippen LogP contribution in [-0.2, 0) is 0 Å². The number of primary amides is 1. The van der Waals surface area contributed by atoms with Gasteiger partial charge in [-0.3, -0.25) is 4.79 Å². The zero-order valence-electron chi connectivity index (χ0n) is 11.0. The molecular weight excluding hydrogens is 252 g/mol. The summed E-state index contributed by atoms with van der Waals surface area (Å²) >= 11 is 0. The van der Waals surface area contributed by atoms with Gasteiger partial charge in [-0.05, 0) is 30.3 Å². The van der Waals surface area contributed by atoms with E-state index in [1.165, 1.54) is 0 Å². The number of hydrogen-bond donors (Lipinski definition) is 1. The van der Waals surface area contributed by atoms with Crippen molar-refractivity contribution in [2.24, 2.45) is 5.73 Å². The van der Waals surface area contributed by atoms with Gasteiger partial charge in [-0.2, -0.15) is 0 Å². The zero-order chi connectivity index (χ0) is 14.1. The molecule has 4 heteroatoms. The molecule has 0 radical (unpaired) electrons. The predicted molar refractivity (Wildman–Crippen MR) is 78.3 cm³/mol. The summed E-state index contributed by atoms with van der Waals surface area (Å²) in [6.45, 7) is 0. The molecule has 0 unspecified atom stereocenters. The van der Waals surface area contributed by atoms with Crippen LogP contribution in [0.25, 0.3) is 16.6 Å². The Morgan fingerprint density at radius 1 is 1.15 bits per heavy atom. The Morgan fingerprint density at radius 3 is 2.70 bits per heavy atom.